The van der Waals surface area contributed by atoms with Crippen molar-refractivity contribution in [2.75, 3.05) is 27.9 Å². The van der Waals surface area contributed by atoms with Gasteiger partial charge in [-0.1, -0.05) is 6.42 Å². The molecule has 1 rings (SSSR count). The predicted octanol–water partition coefficient (Wildman–Crippen LogP) is 0.993. The molecule has 0 saturated carbocycles. The molecule has 0 aliphatic carbocycles. The van der Waals surface area contributed by atoms with Crippen LogP contribution in [-0.2, 0) is 4.79 Å². The van der Waals surface area contributed by atoms with Crippen molar-refractivity contribution in [1.82, 2.24) is 10.7 Å². The molecule has 1 aromatic rings. The Labute approximate surface area is 141 Å². The van der Waals surface area contributed by atoms with Crippen LogP contribution in [0.4, 0.5) is 0 Å². The number of ether oxygens (including phenoxy) is 3. The third kappa shape index (κ3) is 5.62. The fourth-order valence-corrected chi connectivity index (χ4v) is 2.18. The molecule has 134 valence electrons. The van der Waals surface area contributed by atoms with Gasteiger partial charge in [0, 0.05) is 18.5 Å². The highest BCUT2D eigenvalue weighted by atomic mass is 16.5. The minimum Gasteiger partial charge on any atom is -0.493 e. The molecule has 0 aliphatic rings. The molecule has 24 heavy (non-hydrogen) atoms. The van der Waals surface area contributed by atoms with Gasteiger partial charge >= 0.3 is 0 Å². The molecule has 0 aromatic heterocycles. The number of amides is 2. The first-order valence-electron chi connectivity index (χ1n) is 7.65. The van der Waals surface area contributed by atoms with Crippen molar-refractivity contribution in [1.29, 1.82) is 0 Å². The van der Waals surface area contributed by atoms with Crippen molar-refractivity contribution in [3.63, 3.8) is 0 Å². The molecule has 1 aromatic carbocycles. The molecule has 0 aliphatic heterocycles. The second-order valence-corrected chi connectivity index (χ2v) is 5.05. The van der Waals surface area contributed by atoms with E-state index in [1.165, 1.54) is 21.3 Å². The molecule has 0 unspecified atom stereocenters. The lowest BCUT2D eigenvalue weighted by atomic mass is 10.1. The van der Waals surface area contributed by atoms with Gasteiger partial charge in [-0.2, -0.15) is 0 Å². The number of hydrogen-bond acceptors (Lipinski definition) is 6. The normalized spacial score (nSPS) is 10.0. The van der Waals surface area contributed by atoms with Crippen LogP contribution in [0.3, 0.4) is 0 Å². The number of unbranched alkanes of at least 4 members (excludes halogenated alkanes) is 2. The maximum Gasteiger partial charge on any atom is 0.251 e. The van der Waals surface area contributed by atoms with Crippen LogP contribution in [0.2, 0.25) is 0 Å². The lowest BCUT2D eigenvalue weighted by molar-refractivity contribution is -0.121. The van der Waals surface area contributed by atoms with Crippen LogP contribution >= 0.6 is 0 Å². The highest BCUT2D eigenvalue weighted by Crippen LogP contribution is 2.38. The van der Waals surface area contributed by atoms with Crippen LogP contribution in [0.1, 0.15) is 36.0 Å². The van der Waals surface area contributed by atoms with Gasteiger partial charge in [0.05, 0.1) is 21.3 Å². The summed E-state index contributed by atoms with van der Waals surface area (Å²) in [6.45, 7) is 0.514. The predicted molar refractivity (Wildman–Crippen MR) is 89.2 cm³/mol. The summed E-state index contributed by atoms with van der Waals surface area (Å²) in [7, 11) is 4.50. The van der Waals surface area contributed by atoms with Crippen molar-refractivity contribution in [3.05, 3.63) is 17.7 Å². The summed E-state index contributed by atoms with van der Waals surface area (Å²) >= 11 is 0. The quantitative estimate of drug-likeness (QED) is 0.254. The van der Waals surface area contributed by atoms with E-state index in [2.05, 4.69) is 10.7 Å². The Morgan fingerprint density at radius 2 is 1.62 bits per heavy atom. The van der Waals surface area contributed by atoms with E-state index in [9.17, 15) is 9.59 Å². The molecule has 0 bridgehead atoms. The smallest absolute Gasteiger partial charge is 0.251 e. The number of carbonyl (C=O) groups excluding carboxylic acids is 2. The number of hydrogen-bond donors (Lipinski definition) is 3. The third-order valence-electron chi connectivity index (χ3n) is 3.45. The van der Waals surface area contributed by atoms with Crippen molar-refractivity contribution < 1.29 is 23.8 Å². The molecule has 0 spiro atoms. The number of methoxy groups -OCH3 is 3. The summed E-state index contributed by atoms with van der Waals surface area (Å²) in [5.41, 5.74) is 2.51. The van der Waals surface area contributed by atoms with Gasteiger partial charge in [0.1, 0.15) is 0 Å². The van der Waals surface area contributed by atoms with E-state index < -0.39 is 0 Å². The molecule has 2 amide bonds. The van der Waals surface area contributed by atoms with E-state index in [1.54, 1.807) is 12.1 Å². The fraction of sp³-hybridized carbons (Fsp3) is 0.500. The Hall–Kier alpha value is -2.48. The van der Waals surface area contributed by atoms with E-state index >= 15 is 0 Å². The lowest BCUT2D eigenvalue weighted by Crippen LogP contribution is -2.29. The van der Waals surface area contributed by atoms with Gasteiger partial charge in [-0.3, -0.25) is 15.0 Å². The zero-order valence-corrected chi connectivity index (χ0v) is 14.3. The number of nitrogens with two attached hydrogens (primary N) is 1. The van der Waals surface area contributed by atoms with Crippen LogP contribution < -0.4 is 30.8 Å². The average molecular weight is 339 g/mol. The Morgan fingerprint density at radius 3 is 2.12 bits per heavy atom. The van der Waals surface area contributed by atoms with Crippen molar-refractivity contribution >= 4 is 11.8 Å². The zero-order valence-electron chi connectivity index (χ0n) is 14.3. The first kappa shape index (κ1) is 19.6. The minimum atomic E-state index is -0.228. The summed E-state index contributed by atoms with van der Waals surface area (Å²) in [6.07, 6.45) is 2.71. The van der Waals surface area contributed by atoms with Gasteiger partial charge in [-0.25, -0.2) is 5.84 Å². The average Bonchev–Trinajstić information content (AvgIpc) is 2.62. The topological polar surface area (TPSA) is 112 Å². The molecule has 0 atom stereocenters. The molecule has 0 fully saturated rings. The molecular weight excluding hydrogens is 314 g/mol. The molecule has 8 heteroatoms. The molecule has 8 nitrogen and oxygen atoms in total. The Morgan fingerprint density at radius 1 is 1.00 bits per heavy atom. The van der Waals surface area contributed by atoms with Gasteiger partial charge in [-0.15, -0.1) is 0 Å². The Bertz CT molecular complexity index is 538. The van der Waals surface area contributed by atoms with Gasteiger partial charge in [0.2, 0.25) is 11.7 Å². The van der Waals surface area contributed by atoms with Crippen LogP contribution in [0.15, 0.2) is 12.1 Å². The first-order chi connectivity index (χ1) is 11.6. The van der Waals surface area contributed by atoms with Gasteiger partial charge in [0.25, 0.3) is 5.91 Å². The number of hydrazine groups is 1. The molecular formula is C16H25N3O5. The van der Waals surface area contributed by atoms with Crippen LogP contribution in [-0.4, -0.2) is 39.7 Å². The first-order valence-corrected chi connectivity index (χ1v) is 7.65. The number of carbonyl (C=O) groups is 2. The monoisotopic (exact) mass is 339 g/mol. The summed E-state index contributed by atoms with van der Waals surface area (Å²) in [6, 6.07) is 3.20. The standard InChI is InChI=1S/C16H25N3O5/c1-22-12-9-11(10-13(23-2)15(12)24-3)16(21)18-8-6-4-5-7-14(20)19-17/h9-10H,4-8,17H2,1-3H3,(H,18,21)(H,19,20). The summed E-state index contributed by atoms with van der Waals surface area (Å²) in [5, 5.41) is 2.83. The highest BCUT2D eigenvalue weighted by Gasteiger charge is 2.16. The molecule has 0 saturated heterocycles. The van der Waals surface area contributed by atoms with Crippen molar-refractivity contribution in [2.24, 2.45) is 5.84 Å². The van der Waals surface area contributed by atoms with Gasteiger partial charge in [0.15, 0.2) is 11.5 Å². The van der Waals surface area contributed by atoms with E-state index in [1.807, 2.05) is 0 Å². The lowest BCUT2D eigenvalue weighted by Gasteiger charge is -2.14. The van der Waals surface area contributed by atoms with Crippen LogP contribution in [0.5, 0.6) is 17.2 Å². The van der Waals surface area contributed by atoms with E-state index in [-0.39, 0.29) is 11.8 Å². The fourth-order valence-electron chi connectivity index (χ4n) is 2.18. The molecule has 0 radical (unpaired) electrons. The minimum absolute atomic E-state index is 0.184. The van der Waals surface area contributed by atoms with E-state index in [0.29, 0.717) is 35.8 Å². The largest absolute Gasteiger partial charge is 0.493 e. The highest BCUT2D eigenvalue weighted by molar-refractivity contribution is 5.95. The summed E-state index contributed by atoms with van der Waals surface area (Å²) in [5.74, 6) is 5.88. The Kier molecular flexibility index (Phi) is 8.42. The van der Waals surface area contributed by atoms with E-state index in [4.69, 9.17) is 20.1 Å². The van der Waals surface area contributed by atoms with Crippen LogP contribution in [0.25, 0.3) is 0 Å². The van der Waals surface area contributed by atoms with Crippen LogP contribution in [0, 0.1) is 0 Å². The number of rotatable bonds is 10. The number of nitrogens with one attached hydrogen (secondary N) is 2. The van der Waals surface area contributed by atoms with Crippen molar-refractivity contribution in [2.45, 2.75) is 25.7 Å². The second kappa shape index (κ2) is 10.3. The maximum atomic E-state index is 12.2. The van der Waals surface area contributed by atoms with E-state index in [0.717, 1.165) is 19.3 Å². The third-order valence-corrected chi connectivity index (χ3v) is 3.45. The van der Waals surface area contributed by atoms with Gasteiger partial charge < -0.3 is 19.5 Å². The zero-order chi connectivity index (χ0) is 17.9. The second-order valence-electron chi connectivity index (χ2n) is 5.05. The summed E-state index contributed by atoms with van der Waals surface area (Å²) in [4.78, 5) is 23.2. The summed E-state index contributed by atoms with van der Waals surface area (Å²) < 4.78 is 15.7. The van der Waals surface area contributed by atoms with Crippen molar-refractivity contribution in [3.8, 4) is 17.2 Å². The Balaban J connectivity index is 2.54. The number of benzene rings is 1. The SMILES string of the molecule is COc1cc(C(=O)NCCCCCC(=O)NN)cc(OC)c1OC. The maximum absolute atomic E-state index is 12.2. The molecule has 4 N–H and O–H groups in total. The molecule has 0 heterocycles. The van der Waals surface area contributed by atoms with Gasteiger partial charge in [-0.05, 0) is 25.0 Å².